The van der Waals surface area contributed by atoms with Gasteiger partial charge in [0.1, 0.15) is 5.75 Å². The van der Waals surface area contributed by atoms with Crippen molar-refractivity contribution in [1.29, 1.82) is 0 Å². The van der Waals surface area contributed by atoms with Crippen LogP contribution in [0.15, 0.2) is 18.2 Å². The Morgan fingerprint density at radius 1 is 1.40 bits per heavy atom. The van der Waals surface area contributed by atoms with E-state index in [1.165, 1.54) is 0 Å². The number of hydrogen-bond donors (Lipinski definition) is 1. The van der Waals surface area contributed by atoms with Gasteiger partial charge in [-0.15, -0.1) is 0 Å². The van der Waals surface area contributed by atoms with E-state index in [1.807, 2.05) is 25.1 Å². The minimum Gasteiger partial charge on any atom is -0.496 e. The van der Waals surface area contributed by atoms with Crippen LogP contribution in [0.2, 0.25) is 0 Å². The minimum absolute atomic E-state index is 0.0920. The summed E-state index contributed by atoms with van der Waals surface area (Å²) in [5.74, 6) is 0.686. The fraction of sp³-hybridized carbons (Fsp3) is 0.533. The molecule has 0 spiro atoms. The number of benzene rings is 1. The van der Waals surface area contributed by atoms with Gasteiger partial charge in [-0.3, -0.25) is 4.79 Å². The highest BCUT2D eigenvalue weighted by atomic mass is 16.5. The van der Waals surface area contributed by atoms with Crippen LogP contribution < -0.4 is 10.5 Å². The zero-order valence-electron chi connectivity index (χ0n) is 12.7. The standard InChI is InChI=1S/C15H24N2O3/c1-11-5-6-14(20-4)12(9-11)10-17(2)15(18)13(16)7-8-19-3/h5-6,9,13H,7-8,10,16H2,1-4H3. The lowest BCUT2D eigenvalue weighted by Gasteiger charge is -2.22. The number of methoxy groups -OCH3 is 2. The number of rotatable bonds is 7. The van der Waals surface area contributed by atoms with E-state index in [2.05, 4.69) is 0 Å². The molecule has 0 fully saturated rings. The van der Waals surface area contributed by atoms with Crippen molar-refractivity contribution < 1.29 is 14.3 Å². The monoisotopic (exact) mass is 280 g/mol. The lowest BCUT2D eigenvalue weighted by atomic mass is 10.1. The first-order valence-electron chi connectivity index (χ1n) is 6.62. The molecule has 0 aromatic heterocycles. The quantitative estimate of drug-likeness (QED) is 0.818. The number of amides is 1. The maximum Gasteiger partial charge on any atom is 0.239 e. The molecule has 0 aliphatic heterocycles. The number of ether oxygens (including phenoxy) is 2. The molecule has 5 nitrogen and oxygen atoms in total. The van der Waals surface area contributed by atoms with E-state index in [4.69, 9.17) is 15.2 Å². The van der Waals surface area contributed by atoms with E-state index in [-0.39, 0.29) is 5.91 Å². The Balaban J connectivity index is 2.72. The Labute approximate surface area is 120 Å². The summed E-state index contributed by atoms with van der Waals surface area (Å²) in [5.41, 5.74) is 7.96. The largest absolute Gasteiger partial charge is 0.496 e. The molecule has 0 aliphatic rings. The van der Waals surface area contributed by atoms with E-state index in [0.717, 1.165) is 16.9 Å². The Morgan fingerprint density at radius 3 is 2.70 bits per heavy atom. The van der Waals surface area contributed by atoms with Crippen molar-refractivity contribution in [3.63, 3.8) is 0 Å². The number of carbonyl (C=O) groups is 1. The van der Waals surface area contributed by atoms with Crippen molar-refractivity contribution in [1.82, 2.24) is 4.90 Å². The van der Waals surface area contributed by atoms with Gasteiger partial charge in [0.05, 0.1) is 13.2 Å². The molecule has 1 unspecified atom stereocenters. The van der Waals surface area contributed by atoms with Crippen LogP contribution in [-0.4, -0.2) is 44.7 Å². The summed E-state index contributed by atoms with van der Waals surface area (Å²) < 4.78 is 10.3. The Hall–Kier alpha value is -1.59. The van der Waals surface area contributed by atoms with Crippen molar-refractivity contribution in [2.24, 2.45) is 5.73 Å². The van der Waals surface area contributed by atoms with Gasteiger partial charge >= 0.3 is 0 Å². The van der Waals surface area contributed by atoms with Gasteiger partial charge in [-0.25, -0.2) is 0 Å². The van der Waals surface area contributed by atoms with Crippen LogP contribution in [0.3, 0.4) is 0 Å². The second-order valence-electron chi connectivity index (χ2n) is 4.90. The van der Waals surface area contributed by atoms with Crippen LogP contribution >= 0.6 is 0 Å². The number of nitrogens with two attached hydrogens (primary N) is 1. The second kappa shape index (κ2) is 7.87. The van der Waals surface area contributed by atoms with Gasteiger partial charge in [0.25, 0.3) is 0 Å². The van der Waals surface area contributed by atoms with Crippen molar-refractivity contribution in [2.75, 3.05) is 27.9 Å². The predicted octanol–water partition coefficient (Wildman–Crippen LogP) is 1.33. The molecule has 1 atom stereocenters. The maximum absolute atomic E-state index is 12.1. The zero-order chi connectivity index (χ0) is 15.1. The van der Waals surface area contributed by atoms with Crippen LogP contribution in [0.5, 0.6) is 5.75 Å². The molecule has 1 amide bonds. The van der Waals surface area contributed by atoms with Crippen molar-refractivity contribution in [3.05, 3.63) is 29.3 Å². The molecule has 0 bridgehead atoms. The van der Waals surface area contributed by atoms with Gasteiger partial charge in [0, 0.05) is 32.9 Å². The SMILES string of the molecule is COCCC(N)C(=O)N(C)Cc1cc(C)ccc1OC. The Kier molecular flexibility index (Phi) is 6.48. The third-order valence-electron chi connectivity index (χ3n) is 3.17. The lowest BCUT2D eigenvalue weighted by Crippen LogP contribution is -2.42. The van der Waals surface area contributed by atoms with Crippen LogP contribution in [0.1, 0.15) is 17.5 Å². The van der Waals surface area contributed by atoms with Crippen LogP contribution in [0, 0.1) is 6.92 Å². The fourth-order valence-corrected chi connectivity index (χ4v) is 2.02. The van der Waals surface area contributed by atoms with Gasteiger partial charge in [0.15, 0.2) is 0 Å². The summed E-state index contributed by atoms with van der Waals surface area (Å²) in [7, 11) is 4.97. The first-order chi connectivity index (χ1) is 9.49. The molecule has 0 saturated carbocycles. The van der Waals surface area contributed by atoms with Gasteiger partial charge < -0.3 is 20.1 Å². The summed E-state index contributed by atoms with van der Waals surface area (Å²) in [5, 5.41) is 0. The average molecular weight is 280 g/mol. The molecule has 1 aromatic rings. The molecule has 5 heteroatoms. The number of likely N-dealkylation sites (N-methyl/N-ethyl adjacent to an activating group) is 1. The molecule has 1 rings (SSSR count). The Morgan fingerprint density at radius 2 is 2.10 bits per heavy atom. The van der Waals surface area contributed by atoms with Crippen LogP contribution in [-0.2, 0) is 16.1 Å². The number of hydrogen-bond acceptors (Lipinski definition) is 4. The minimum atomic E-state index is -0.532. The van der Waals surface area contributed by atoms with Crippen molar-refractivity contribution in [3.8, 4) is 5.75 Å². The summed E-state index contributed by atoms with van der Waals surface area (Å²) in [6.45, 7) is 2.97. The van der Waals surface area contributed by atoms with E-state index in [0.29, 0.717) is 19.6 Å². The molecule has 20 heavy (non-hydrogen) atoms. The van der Waals surface area contributed by atoms with Crippen LogP contribution in [0.25, 0.3) is 0 Å². The Bertz CT molecular complexity index is 449. The van der Waals surface area contributed by atoms with Gasteiger partial charge in [-0.05, 0) is 19.4 Å². The zero-order valence-corrected chi connectivity index (χ0v) is 12.7. The van der Waals surface area contributed by atoms with E-state index >= 15 is 0 Å². The average Bonchev–Trinajstić information content (AvgIpc) is 2.44. The third-order valence-corrected chi connectivity index (χ3v) is 3.17. The van der Waals surface area contributed by atoms with Crippen LogP contribution in [0.4, 0.5) is 0 Å². The molecular weight excluding hydrogens is 256 g/mol. The molecular formula is C15H24N2O3. The molecule has 0 heterocycles. The highest BCUT2D eigenvalue weighted by molar-refractivity contribution is 5.81. The number of carbonyl (C=O) groups excluding carboxylic acids is 1. The molecule has 1 aromatic carbocycles. The van der Waals surface area contributed by atoms with E-state index < -0.39 is 6.04 Å². The summed E-state index contributed by atoms with van der Waals surface area (Å²) in [4.78, 5) is 13.8. The number of nitrogens with zero attached hydrogens (tertiary/aromatic N) is 1. The maximum atomic E-state index is 12.1. The molecule has 112 valence electrons. The third kappa shape index (κ3) is 4.51. The first-order valence-corrected chi connectivity index (χ1v) is 6.62. The van der Waals surface area contributed by atoms with Gasteiger partial charge in [-0.1, -0.05) is 17.7 Å². The smallest absolute Gasteiger partial charge is 0.239 e. The van der Waals surface area contributed by atoms with Gasteiger partial charge in [-0.2, -0.15) is 0 Å². The first kappa shape index (κ1) is 16.5. The van der Waals surface area contributed by atoms with Gasteiger partial charge in [0.2, 0.25) is 5.91 Å². The lowest BCUT2D eigenvalue weighted by molar-refractivity contribution is -0.132. The van der Waals surface area contributed by atoms with Crippen molar-refractivity contribution in [2.45, 2.75) is 25.9 Å². The molecule has 0 radical (unpaired) electrons. The predicted molar refractivity (Wildman–Crippen MR) is 78.7 cm³/mol. The molecule has 2 N–H and O–H groups in total. The molecule has 0 aliphatic carbocycles. The van der Waals surface area contributed by atoms with E-state index in [1.54, 1.807) is 26.2 Å². The summed E-state index contributed by atoms with van der Waals surface area (Å²) in [6.07, 6.45) is 0.518. The number of aryl methyl sites for hydroxylation is 1. The molecule has 0 saturated heterocycles. The topological polar surface area (TPSA) is 64.8 Å². The normalized spacial score (nSPS) is 12.1. The highest BCUT2D eigenvalue weighted by Gasteiger charge is 2.19. The summed E-state index contributed by atoms with van der Waals surface area (Å²) in [6, 6.07) is 5.38. The van der Waals surface area contributed by atoms with E-state index in [9.17, 15) is 4.79 Å². The summed E-state index contributed by atoms with van der Waals surface area (Å²) >= 11 is 0. The second-order valence-corrected chi connectivity index (χ2v) is 4.90. The fourth-order valence-electron chi connectivity index (χ4n) is 2.02. The highest BCUT2D eigenvalue weighted by Crippen LogP contribution is 2.21. The van der Waals surface area contributed by atoms with Crippen molar-refractivity contribution >= 4 is 5.91 Å².